The Balaban J connectivity index is 0.000000187. The predicted molar refractivity (Wildman–Crippen MR) is 156 cm³/mol. The summed E-state index contributed by atoms with van der Waals surface area (Å²) >= 11 is 1.56. The van der Waals surface area contributed by atoms with E-state index in [-0.39, 0.29) is 0 Å². The third kappa shape index (κ3) is 5.47. The molecule has 5 aromatic rings. The number of aryl methyl sites for hydroxylation is 4. The fourth-order valence-corrected chi connectivity index (χ4v) is 4.77. The molecule has 1 heterocycles. The van der Waals surface area contributed by atoms with Crippen LogP contribution < -0.4 is 16.8 Å². The summed E-state index contributed by atoms with van der Waals surface area (Å²) in [5.41, 5.74) is 20.9. The highest BCUT2D eigenvalue weighted by atomic mass is 32.1. The topological polar surface area (TPSA) is 102 Å². The summed E-state index contributed by atoms with van der Waals surface area (Å²) in [5, 5.41) is 14.9. The van der Waals surface area contributed by atoms with Crippen LogP contribution in [0.15, 0.2) is 70.9 Å². The van der Waals surface area contributed by atoms with Crippen molar-refractivity contribution in [3.63, 3.8) is 0 Å². The number of hydrogen-bond donors (Lipinski definition) is 3. The van der Waals surface area contributed by atoms with Crippen molar-refractivity contribution in [3.8, 4) is 0 Å². The van der Waals surface area contributed by atoms with Crippen LogP contribution in [-0.4, -0.2) is 11.5 Å². The van der Waals surface area contributed by atoms with Crippen molar-refractivity contribution < 1.29 is 0 Å². The molecule has 0 radical (unpaired) electrons. The van der Waals surface area contributed by atoms with Gasteiger partial charge in [-0.3, -0.25) is 0 Å². The zero-order valence-corrected chi connectivity index (χ0v) is 22.2. The average molecular weight is 497 g/mol. The minimum Gasteiger partial charge on any atom is -0.399 e. The van der Waals surface area contributed by atoms with Gasteiger partial charge < -0.3 is 16.8 Å². The molecule has 36 heavy (non-hydrogen) atoms. The summed E-state index contributed by atoms with van der Waals surface area (Å²) in [6.45, 7) is 11.2. The molecule has 7 heteroatoms. The number of rotatable bonds is 4. The molecule has 184 valence electrons. The van der Waals surface area contributed by atoms with E-state index in [1.807, 2.05) is 56.3 Å². The molecular formula is C29H32N6S. The zero-order valence-electron chi connectivity index (χ0n) is 21.4. The Kier molecular flexibility index (Phi) is 7.50. The lowest BCUT2D eigenvalue weighted by atomic mass is 10.1. The van der Waals surface area contributed by atoms with Gasteiger partial charge in [0.05, 0.1) is 15.9 Å². The van der Waals surface area contributed by atoms with Gasteiger partial charge in [0.2, 0.25) is 5.13 Å². The van der Waals surface area contributed by atoms with Crippen LogP contribution in [0.4, 0.5) is 27.9 Å². The van der Waals surface area contributed by atoms with Crippen molar-refractivity contribution >= 4 is 60.2 Å². The van der Waals surface area contributed by atoms with E-state index in [1.54, 1.807) is 11.3 Å². The number of azo groups is 1. The van der Waals surface area contributed by atoms with E-state index >= 15 is 0 Å². The molecule has 6 nitrogen and oxygen atoms in total. The average Bonchev–Trinajstić information content (AvgIpc) is 3.24. The van der Waals surface area contributed by atoms with E-state index in [9.17, 15) is 0 Å². The van der Waals surface area contributed by atoms with Crippen LogP contribution in [0, 0.1) is 27.7 Å². The van der Waals surface area contributed by atoms with Crippen LogP contribution in [-0.2, 0) is 0 Å². The SMILES string of the molecule is CCNc1ccc(N)c2ccccc12.Cc1cc2nc(N=Nc3cc(C)c(N)cc3C)sc2cc1C. The second-order valence-electron chi connectivity index (χ2n) is 8.87. The Morgan fingerprint density at radius 2 is 1.50 bits per heavy atom. The van der Waals surface area contributed by atoms with Gasteiger partial charge in [-0.1, -0.05) is 35.6 Å². The second kappa shape index (κ2) is 10.7. The quantitative estimate of drug-likeness (QED) is 0.172. The number of nitrogens with two attached hydrogens (primary N) is 2. The number of aromatic nitrogens is 1. The molecule has 0 aliphatic carbocycles. The summed E-state index contributed by atoms with van der Waals surface area (Å²) in [4.78, 5) is 4.53. The van der Waals surface area contributed by atoms with Crippen molar-refractivity contribution in [2.45, 2.75) is 34.6 Å². The summed E-state index contributed by atoms with van der Waals surface area (Å²) in [6, 6.07) is 20.3. The van der Waals surface area contributed by atoms with Crippen molar-refractivity contribution in [1.82, 2.24) is 4.98 Å². The Bertz CT molecular complexity index is 1530. The van der Waals surface area contributed by atoms with Gasteiger partial charge >= 0.3 is 0 Å². The van der Waals surface area contributed by atoms with Gasteiger partial charge in [0, 0.05) is 34.4 Å². The smallest absolute Gasteiger partial charge is 0.231 e. The van der Waals surface area contributed by atoms with E-state index in [2.05, 4.69) is 59.5 Å². The Morgan fingerprint density at radius 3 is 2.25 bits per heavy atom. The molecule has 0 fully saturated rings. The first-order valence-corrected chi connectivity index (χ1v) is 12.8. The molecule has 1 aromatic heterocycles. The minimum atomic E-state index is 0.675. The number of thiazole rings is 1. The van der Waals surface area contributed by atoms with E-state index in [4.69, 9.17) is 11.5 Å². The van der Waals surface area contributed by atoms with E-state index in [0.29, 0.717) is 5.13 Å². The monoisotopic (exact) mass is 496 g/mol. The Morgan fingerprint density at radius 1 is 0.778 bits per heavy atom. The molecule has 0 saturated carbocycles. The third-order valence-corrected chi connectivity index (χ3v) is 7.05. The molecule has 0 bridgehead atoms. The standard InChI is InChI=1S/C17H18N4S.C12H14N2/c1-9-6-15-16(8-10(9)2)22-17(19-15)21-20-14-7-11(3)13(18)5-12(14)4;1-2-14-12-8-7-11(13)9-5-3-4-6-10(9)12/h5-8H,18H2,1-4H3;3-8,14H,2,13H2,1H3. The maximum absolute atomic E-state index is 5.89. The van der Waals surface area contributed by atoms with Gasteiger partial charge in [0.15, 0.2) is 0 Å². The first-order valence-electron chi connectivity index (χ1n) is 11.9. The molecule has 0 atom stereocenters. The number of nitrogen functional groups attached to an aromatic ring is 2. The number of nitrogens with zero attached hydrogens (tertiary/aromatic N) is 3. The number of nitrogens with one attached hydrogen (secondary N) is 1. The zero-order chi connectivity index (χ0) is 25.8. The molecule has 0 unspecified atom stereocenters. The van der Waals surface area contributed by atoms with Crippen LogP contribution in [0.2, 0.25) is 0 Å². The van der Waals surface area contributed by atoms with Crippen molar-refractivity contribution in [2.24, 2.45) is 10.2 Å². The van der Waals surface area contributed by atoms with Crippen molar-refractivity contribution in [3.05, 3.63) is 82.9 Å². The van der Waals surface area contributed by atoms with Gasteiger partial charge in [-0.2, -0.15) is 0 Å². The number of fused-ring (bicyclic) bond motifs is 2. The first kappa shape index (κ1) is 25.1. The molecule has 0 spiro atoms. The molecular weight excluding hydrogens is 464 g/mol. The van der Waals surface area contributed by atoms with Crippen LogP contribution in [0.5, 0.6) is 0 Å². The van der Waals surface area contributed by atoms with E-state index < -0.39 is 0 Å². The van der Waals surface area contributed by atoms with Crippen molar-refractivity contribution in [2.75, 3.05) is 23.3 Å². The van der Waals surface area contributed by atoms with Crippen LogP contribution >= 0.6 is 11.3 Å². The maximum atomic E-state index is 5.89. The van der Waals surface area contributed by atoms with Gasteiger partial charge in [0.25, 0.3) is 0 Å². The highest BCUT2D eigenvalue weighted by Gasteiger charge is 2.06. The van der Waals surface area contributed by atoms with E-state index in [1.165, 1.54) is 16.5 Å². The highest BCUT2D eigenvalue weighted by Crippen LogP contribution is 2.32. The summed E-state index contributed by atoms with van der Waals surface area (Å²) in [5.74, 6) is 0. The Hall–Kier alpha value is -3.97. The second-order valence-corrected chi connectivity index (χ2v) is 9.88. The van der Waals surface area contributed by atoms with Crippen LogP contribution in [0.25, 0.3) is 21.0 Å². The molecule has 5 rings (SSSR count). The van der Waals surface area contributed by atoms with E-state index in [0.717, 1.165) is 56.0 Å². The van der Waals surface area contributed by atoms with Crippen molar-refractivity contribution in [1.29, 1.82) is 0 Å². The first-order chi connectivity index (χ1) is 17.3. The molecule has 4 aromatic carbocycles. The summed E-state index contributed by atoms with van der Waals surface area (Å²) in [6.07, 6.45) is 0. The fraction of sp³-hybridized carbons (Fsp3) is 0.207. The maximum Gasteiger partial charge on any atom is 0.231 e. The van der Waals surface area contributed by atoms with Gasteiger partial charge in [-0.25, -0.2) is 4.98 Å². The lowest BCUT2D eigenvalue weighted by Crippen LogP contribution is -1.98. The number of hydrogen-bond acceptors (Lipinski definition) is 7. The third-order valence-electron chi connectivity index (χ3n) is 6.15. The minimum absolute atomic E-state index is 0.675. The van der Waals surface area contributed by atoms with Crippen LogP contribution in [0.1, 0.15) is 29.2 Å². The molecule has 5 N–H and O–H groups in total. The number of benzene rings is 4. The lowest BCUT2D eigenvalue weighted by Gasteiger charge is -2.09. The number of anilines is 3. The lowest BCUT2D eigenvalue weighted by molar-refractivity contribution is 1.18. The molecule has 0 aliphatic rings. The predicted octanol–water partition coefficient (Wildman–Crippen LogP) is 8.38. The summed E-state index contributed by atoms with van der Waals surface area (Å²) in [7, 11) is 0. The largest absolute Gasteiger partial charge is 0.399 e. The highest BCUT2D eigenvalue weighted by molar-refractivity contribution is 7.21. The molecule has 0 saturated heterocycles. The molecule has 0 amide bonds. The van der Waals surface area contributed by atoms with Gasteiger partial charge in [-0.05, 0) is 93.3 Å². The van der Waals surface area contributed by atoms with Gasteiger partial charge in [0.1, 0.15) is 0 Å². The van der Waals surface area contributed by atoms with Crippen LogP contribution in [0.3, 0.4) is 0 Å². The van der Waals surface area contributed by atoms with Gasteiger partial charge in [-0.15, -0.1) is 10.2 Å². The summed E-state index contributed by atoms with van der Waals surface area (Å²) < 4.78 is 1.14. The fourth-order valence-electron chi connectivity index (χ4n) is 3.91. The normalized spacial score (nSPS) is 11.1. The Labute approximate surface area is 216 Å². The molecule has 0 aliphatic heterocycles.